The topological polar surface area (TPSA) is 75.0 Å². The maximum Gasteiger partial charge on any atom is 0.258 e. The molecule has 2 heterocycles. The molecule has 0 aliphatic carbocycles. The molecule has 3 N–H and O–H groups in total. The van der Waals surface area contributed by atoms with Crippen molar-refractivity contribution in [2.24, 2.45) is 0 Å². The Labute approximate surface area is 126 Å². The molecule has 0 aliphatic rings. The highest BCUT2D eigenvalue weighted by Crippen LogP contribution is 2.33. The predicted octanol–water partition coefficient (Wildman–Crippen LogP) is 2.76. The maximum absolute atomic E-state index is 11.8. The van der Waals surface area contributed by atoms with Gasteiger partial charge in [0.05, 0.1) is 34.6 Å². The number of nitrogens with two attached hydrogens (primary N) is 1. The third-order valence-corrected chi connectivity index (χ3v) is 4.75. The van der Waals surface area contributed by atoms with Gasteiger partial charge in [0.2, 0.25) is 0 Å². The van der Waals surface area contributed by atoms with Crippen molar-refractivity contribution in [1.82, 2.24) is 9.97 Å². The molecular weight excluding hydrogens is 284 g/mol. The van der Waals surface area contributed by atoms with E-state index in [0.29, 0.717) is 16.6 Å². The number of anilines is 2. The molecule has 3 aromatic rings. The van der Waals surface area contributed by atoms with Crippen LogP contribution in [0.2, 0.25) is 0 Å². The highest BCUT2D eigenvalue weighted by atomic mass is 32.1. The number of nitrogens with zero attached hydrogens (tertiary/aromatic N) is 2. The summed E-state index contributed by atoms with van der Waals surface area (Å²) in [5, 5.41) is 2.57. The largest absolute Gasteiger partial charge is 0.397 e. The fraction of sp³-hybridized carbons (Fsp3) is 0.200. The van der Waals surface area contributed by atoms with E-state index < -0.39 is 0 Å². The Balaban J connectivity index is 2.08. The second-order valence-corrected chi connectivity index (χ2v) is 5.94. The summed E-state index contributed by atoms with van der Waals surface area (Å²) in [5.74, 6) is 0. The van der Waals surface area contributed by atoms with Crippen molar-refractivity contribution in [2.75, 3.05) is 17.7 Å². The van der Waals surface area contributed by atoms with Gasteiger partial charge in [-0.05, 0) is 30.5 Å². The average molecular weight is 300 g/mol. The van der Waals surface area contributed by atoms with Crippen LogP contribution in [0.5, 0.6) is 0 Å². The zero-order valence-electron chi connectivity index (χ0n) is 11.8. The average Bonchev–Trinajstić information content (AvgIpc) is 3.00. The lowest BCUT2D eigenvalue weighted by Gasteiger charge is -2.27. The fourth-order valence-electron chi connectivity index (χ4n) is 2.35. The summed E-state index contributed by atoms with van der Waals surface area (Å²) in [6.45, 7) is 2.13. The molecule has 6 heteroatoms. The molecule has 1 aromatic carbocycles. The third kappa shape index (κ3) is 2.38. The molecule has 0 fully saturated rings. The molecule has 2 aromatic heterocycles. The Bertz CT molecular complexity index is 825. The smallest absolute Gasteiger partial charge is 0.258 e. The van der Waals surface area contributed by atoms with Gasteiger partial charge in [0.1, 0.15) is 0 Å². The number of nitrogens with one attached hydrogen (secondary N) is 1. The lowest BCUT2D eigenvalue weighted by molar-refractivity contribution is 0.755. The van der Waals surface area contributed by atoms with Crippen LogP contribution in [-0.4, -0.2) is 17.0 Å². The zero-order chi connectivity index (χ0) is 15.0. The second kappa shape index (κ2) is 5.21. The van der Waals surface area contributed by atoms with Gasteiger partial charge in [0.15, 0.2) is 0 Å². The first-order chi connectivity index (χ1) is 10.1. The van der Waals surface area contributed by atoms with E-state index in [0.717, 1.165) is 5.69 Å². The van der Waals surface area contributed by atoms with Gasteiger partial charge in [-0.2, -0.15) is 0 Å². The van der Waals surface area contributed by atoms with Crippen molar-refractivity contribution in [3.63, 3.8) is 0 Å². The Kier molecular flexibility index (Phi) is 3.39. The number of hydrogen-bond acceptors (Lipinski definition) is 5. The van der Waals surface area contributed by atoms with Crippen molar-refractivity contribution >= 4 is 33.6 Å². The van der Waals surface area contributed by atoms with Gasteiger partial charge in [-0.3, -0.25) is 4.79 Å². The number of benzene rings is 1. The number of thiophene rings is 1. The van der Waals surface area contributed by atoms with Gasteiger partial charge >= 0.3 is 0 Å². The van der Waals surface area contributed by atoms with E-state index in [1.54, 1.807) is 17.4 Å². The highest BCUT2D eigenvalue weighted by molar-refractivity contribution is 7.10. The molecular formula is C15H16N4OS. The lowest BCUT2D eigenvalue weighted by Crippen LogP contribution is -2.22. The monoisotopic (exact) mass is 300 g/mol. The molecule has 1 atom stereocenters. The lowest BCUT2D eigenvalue weighted by atomic mass is 10.1. The summed E-state index contributed by atoms with van der Waals surface area (Å²) in [6, 6.07) is 7.89. The molecule has 0 saturated carbocycles. The highest BCUT2D eigenvalue weighted by Gasteiger charge is 2.16. The first-order valence-electron chi connectivity index (χ1n) is 6.61. The quantitative estimate of drug-likeness (QED) is 0.729. The molecule has 0 radical (unpaired) electrons. The number of H-pyrrole nitrogens is 1. The zero-order valence-corrected chi connectivity index (χ0v) is 12.6. The van der Waals surface area contributed by atoms with Crippen LogP contribution in [0.4, 0.5) is 11.4 Å². The van der Waals surface area contributed by atoms with Crippen molar-refractivity contribution in [1.29, 1.82) is 0 Å². The van der Waals surface area contributed by atoms with Crippen LogP contribution in [0.1, 0.15) is 17.8 Å². The molecule has 1 unspecified atom stereocenters. The Morgan fingerprint density at radius 2 is 2.24 bits per heavy atom. The van der Waals surface area contributed by atoms with E-state index in [1.165, 1.54) is 11.2 Å². The van der Waals surface area contributed by atoms with Gasteiger partial charge in [-0.15, -0.1) is 11.3 Å². The van der Waals surface area contributed by atoms with Gasteiger partial charge in [-0.25, -0.2) is 4.98 Å². The van der Waals surface area contributed by atoms with E-state index in [4.69, 9.17) is 5.73 Å². The summed E-state index contributed by atoms with van der Waals surface area (Å²) < 4.78 is 0. The number of aromatic nitrogens is 2. The summed E-state index contributed by atoms with van der Waals surface area (Å²) >= 11 is 1.71. The maximum atomic E-state index is 11.8. The predicted molar refractivity (Wildman–Crippen MR) is 87.9 cm³/mol. The molecule has 21 heavy (non-hydrogen) atoms. The molecule has 0 bridgehead atoms. The molecule has 0 amide bonds. The van der Waals surface area contributed by atoms with Crippen LogP contribution in [0.3, 0.4) is 0 Å². The second-order valence-electron chi connectivity index (χ2n) is 4.96. The summed E-state index contributed by atoms with van der Waals surface area (Å²) in [7, 11) is 2.00. The minimum absolute atomic E-state index is 0.174. The van der Waals surface area contributed by atoms with Crippen molar-refractivity contribution in [2.45, 2.75) is 13.0 Å². The summed E-state index contributed by atoms with van der Waals surface area (Å²) in [4.78, 5) is 21.9. The Morgan fingerprint density at radius 3 is 2.95 bits per heavy atom. The molecule has 108 valence electrons. The first kappa shape index (κ1) is 13.6. The van der Waals surface area contributed by atoms with Crippen LogP contribution in [0, 0.1) is 0 Å². The van der Waals surface area contributed by atoms with E-state index in [2.05, 4.69) is 33.2 Å². The van der Waals surface area contributed by atoms with E-state index in [-0.39, 0.29) is 11.6 Å². The van der Waals surface area contributed by atoms with Crippen LogP contribution in [0.25, 0.3) is 10.9 Å². The summed E-state index contributed by atoms with van der Waals surface area (Å²) in [5.41, 5.74) is 8.05. The molecule has 0 spiro atoms. The Hall–Kier alpha value is -2.34. The van der Waals surface area contributed by atoms with Crippen LogP contribution in [0.15, 0.2) is 40.8 Å². The number of aromatic amines is 1. The van der Waals surface area contributed by atoms with Crippen molar-refractivity contribution in [3.05, 3.63) is 51.2 Å². The minimum atomic E-state index is -0.174. The number of hydrogen-bond donors (Lipinski definition) is 2. The minimum Gasteiger partial charge on any atom is -0.397 e. The third-order valence-electron chi connectivity index (χ3n) is 3.70. The van der Waals surface area contributed by atoms with Crippen molar-refractivity contribution in [3.8, 4) is 0 Å². The van der Waals surface area contributed by atoms with Crippen LogP contribution < -0.4 is 16.2 Å². The first-order valence-corrected chi connectivity index (χ1v) is 7.49. The normalized spacial score (nSPS) is 12.5. The SMILES string of the molecule is CC(c1cccs1)N(C)c1cc2nc[nH]c(=O)c2cc1N. The van der Waals surface area contributed by atoms with Gasteiger partial charge in [0.25, 0.3) is 5.56 Å². The van der Waals surface area contributed by atoms with Gasteiger partial charge in [-0.1, -0.05) is 6.07 Å². The van der Waals surface area contributed by atoms with Crippen LogP contribution >= 0.6 is 11.3 Å². The standard InChI is InChI=1S/C15H16N4OS/c1-9(14-4-3-5-21-14)19(2)13-7-12-10(6-11(13)16)15(20)18-8-17-12/h3-9H,16H2,1-2H3,(H,17,18,20). The van der Waals surface area contributed by atoms with E-state index in [1.807, 2.05) is 19.2 Å². The van der Waals surface area contributed by atoms with E-state index in [9.17, 15) is 4.79 Å². The molecule has 0 aliphatic heterocycles. The van der Waals surface area contributed by atoms with Gasteiger partial charge < -0.3 is 15.6 Å². The van der Waals surface area contributed by atoms with Gasteiger partial charge in [0, 0.05) is 11.9 Å². The molecule has 5 nitrogen and oxygen atoms in total. The van der Waals surface area contributed by atoms with E-state index >= 15 is 0 Å². The summed E-state index contributed by atoms with van der Waals surface area (Å²) in [6.07, 6.45) is 1.41. The number of fused-ring (bicyclic) bond motifs is 1. The Morgan fingerprint density at radius 1 is 1.43 bits per heavy atom. The fourth-order valence-corrected chi connectivity index (χ4v) is 3.18. The number of nitrogen functional groups attached to an aromatic ring is 1. The molecule has 3 rings (SSSR count). The molecule has 0 saturated heterocycles. The van der Waals surface area contributed by atoms with Crippen molar-refractivity contribution < 1.29 is 0 Å². The van der Waals surface area contributed by atoms with Crippen LogP contribution in [-0.2, 0) is 0 Å². The number of rotatable bonds is 3.